The third kappa shape index (κ3) is 6.37. The van der Waals surface area contributed by atoms with Crippen molar-refractivity contribution >= 4 is 0 Å². The number of rotatable bonds is 11. The van der Waals surface area contributed by atoms with Crippen molar-refractivity contribution in [3.63, 3.8) is 0 Å². The van der Waals surface area contributed by atoms with Gasteiger partial charge < -0.3 is 15.1 Å². The van der Waals surface area contributed by atoms with Gasteiger partial charge in [0.15, 0.2) is 0 Å². The molecule has 2 aromatic carbocycles. The molecule has 0 saturated carbocycles. The minimum absolute atomic E-state index is 0.162. The second-order valence-corrected chi connectivity index (χ2v) is 7.79. The van der Waals surface area contributed by atoms with Gasteiger partial charge in [-0.2, -0.15) is 5.26 Å². The monoisotopic (exact) mass is 398 g/mol. The maximum atomic E-state index is 13.5. The van der Waals surface area contributed by atoms with Crippen molar-refractivity contribution in [3.8, 4) is 6.07 Å². The fourth-order valence-corrected chi connectivity index (χ4v) is 3.69. The van der Waals surface area contributed by atoms with Crippen molar-refractivity contribution in [2.75, 3.05) is 27.2 Å². The maximum absolute atomic E-state index is 13.5. The van der Waals surface area contributed by atoms with Crippen molar-refractivity contribution in [3.05, 3.63) is 70.5 Å². The highest BCUT2D eigenvalue weighted by atomic mass is 19.1. The second-order valence-electron chi connectivity index (χ2n) is 7.79. The average Bonchev–Trinajstić information content (AvgIpc) is 2.71. The summed E-state index contributed by atoms with van der Waals surface area (Å²) in [5.41, 5.74) is 1.65. The zero-order valence-electron chi connectivity index (χ0n) is 17.4. The van der Waals surface area contributed by atoms with E-state index in [0.29, 0.717) is 24.0 Å². The largest absolute Gasteiger partial charge is 0.396 e. The summed E-state index contributed by atoms with van der Waals surface area (Å²) in [7, 11) is 3.98. The Balaban J connectivity index is 2.45. The molecule has 1 unspecified atom stereocenters. The van der Waals surface area contributed by atoms with Gasteiger partial charge in [-0.1, -0.05) is 24.6 Å². The zero-order valence-corrected chi connectivity index (χ0v) is 17.4. The van der Waals surface area contributed by atoms with Crippen LogP contribution in [-0.4, -0.2) is 42.4 Å². The topological polar surface area (TPSA) is 67.5 Å². The minimum Gasteiger partial charge on any atom is -0.396 e. The number of hydrogen-bond donors (Lipinski definition) is 2. The number of aliphatic hydroxyl groups is 2. The molecular formula is C24H31FN2O2. The fraction of sp³-hybridized carbons (Fsp3) is 0.458. The van der Waals surface area contributed by atoms with Crippen LogP contribution in [0.3, 0.4) is 0 Å². The van der Waals surface area contributed by atoms with Crippen molar-refractivity contribution in [1.29, 1.82) is 5.26 Å². The van der Waals surface area contributed by atoms with Crippen LogP contribution in [0, 0.1) is 17.1 Å². The van der Waals surface area contributed by atoms with E-state index in [1.807, 2.05) is 26.2 Å². The summed E-state index contributed by atoms with van der Waals surface area (Å²) >= 11 is 0. The van der Waals surface area contributed by atoms with Gasteiger partial charge >= 0.3 is 0 Å². The Kier molecular flexibility index (Phi) is 8.78. The molecule has 0 aliphatic heterocycles. The van der Waals surface area contributed by atoms with Crippen LogP contribution >= 0.6 is 0 Å². The molecule has 0 spiro atoms. The number of halogens is 1. The molecule has 0 fully saturated rings. The maximum Gasteiger partial charge on any atom is 0.123 e. The standard InChI is InChI=1S/C24H31FN2O2/c1-27(2)15-6-14-24(29,21-9-11-22(25)12-10-21)23-13-8-19(18-26)17-20(23)7-4-3-5-16-28/h8-13,17,28-29H,3-7,14-16H2,1-2H3. The van der Waals surface area contributed by atoms with E-state index in [1.54, 1.807) is 18.2 Å². The minimum atomic E-state index is -1.26. The second kappa shape index (κ2) is 11.1. The predicted molar refractivity (Wildman–Crippen MR) is 113 cm³/mol. The molecule has 2 aromatic rings. The normalized spacial score (nSPS) is 13.3. The lowest BCUT2D eigenvalue weighted by molar-refractivity contribution is 0.0654. The third-order valence-corrected chi connectivity index (χ3v) is 5.25. The molecule has 0 radical (unpaired) electrons. The quantitative estimate of drug-likeness (QED) is 0.562. The van der Waals surface area contributed by atoms with E-state index >= 15 is 0 Å². The van der Waals surface area contributed by atoms with E-state index in [-0.39, 0.29) is 12.4 Å². The van der Waals surface area contributed by atoms with E-state index in [0.717, 1.165) is 43.4 Å². The molecule has 0 aliphatic rings. The van der Waals surface area contributed by atoms with Crippen LogP contribution in [0.25, 0.3) is 0 Å². The first kappa shape index (κ1) is 23.0. The smallest absolute Gasteiger partial charge is 0.123 e. The van der Waals surface area contributed by atoms with Crippen LogP contribution in [0.1, 0.15) is 54.4 Å². The first-order valence-corrected chi connectivity index (χ1v) is 10.2. The first-order chi connectivity index (χ1) is 13.9. The van der Waals surface area contributed by atoms with Crippen molar-refractivity contribution in [2.45, 2.75) is 44.1 Å². The first-order valence-electron chi connectivity index (χ1n) is 10.2. The summed E-state index contributed by atoms with van der Waals surface area (Å²) in [4.78, 5) is 2.07. The molecule has 0 aromatic heterocycles. The molecule has 1 atom stereocenters. The molecule has 2 N–H and O–H groups in total. The van der Waals surface area contributed by atoms with Crippen LogP contribution in [0.15, 0.2) is 42.5 Å². The summed E-state index contributed by atoms with van der Waals surface area (Å²) in [6, 6.07) is 13.6. The summed E-state index contributed by atoms with van der Waals surface area (Å²) in [5, 5.41) is 30.2. The number of nitrogens with zero attached hydrogens (tertiary/aromatic N) is 2. The van der Waals surface area contributed by atoms with Crippen LogP contribution in [-0.2, 0) is 12.0 Å². The van der Waals surface area contributed by atoms with Gasteiger partial charge in [0.2, 0.25) is 0 Å². The Hall–Kier alpha value is -2.26. The van der Waals surface area contributed by atoms with Gasteiger partial charge in [0.05, 0.1) is 11.6 Å². The van der Waals surface area contributed by atoms with Crippen LogP contribution in [0.2, 0.25) is 0 Å². The number of unbranched alkanes of at least 4 members (excludes halogenated alkanes) is 2. The lowest BCUT2D eigenvalue weighted by atomic mass is 9.79. The SMILES string of the molecule is CN(C)CCCC(O)(c1ccc(F)cc1)c1ccc(C#N)cc1CCCCCO. The van der Waals surface area contributed by atoms with Gasteiger partial charge in [0, 0.05) is 6.61 Å². The van der Waals surface area contributed by atoms with E-state index in [4.69, 9.17) is 5.11 Å². The van der Waals surface area contributed by atoms with Crippen molar-refractivity contribution in [1.82, 2.24) is 4.90 Å². The number of hydrogen-bond acceptors (Lipinski definition) is 4. The Morgan fingerprint density at radius 2 is 1.76 bits per heavy atom. The van der Waals surface area contributed by atoms with E-state index < -0.39 is 5.60 Å². The molecule has 0 aliphatic carbocycles. The Bertz CT molecular complexity index is 815. The van der Waals surface area contributed by atoms with Crippen LogP contribution in [0.5, 0.6) is 0 Å². The summed E-state index contributed by atoms with van der Waals surface area (Å²) < 4.78 is 13.5. The van der Waals surface area contributed by atoms with Gasteiger partial charge in [-0.25, -0.2) is 4.39 Å². The van der Waals surface area contributed by atoms with Crippen molar-refractivity contribution in [2.24, 2.45) is 0 Å². The molecule has 0 saturated heterocycles. The number of aliphatic hydroxyl groups excluding tert-OH is 1. The van der Waals surface area contributed by atoms with Gasteiger partial charge in [-0.05, 0) is 93.7 Å². The molecule has 156 valence electrons. The number of benzene rings is 2. The zero-order chi connectivity index (χ0) is 21.3. The fourth-order valence-electron chi connectivity index (χ4n) is 3.69. The molecular weight excluding hydrogens is 367 g/mol. The van der Waals surface area contributed by atoms with Crippen molar-refractivity contribution < 1.29 is 14.6 Å². The predicted octanol–water partition coefficient (Wildman–Crippen LogP) is 3.98. The average molecular weight is 399 g/mol. The number of nitriles is 1. The van der Waals surface area contributed by atoms with E-state index in [1.165, 1.54) is 12.1 Å². The van der Waals surface area contributed by atoms with E-state index in [9.17, 15) is 14.8 Å². The molecule has 29 heavy (non-hydrogen) atoms. The van der Waals surface area contributed by atoms with Crippen LogP contribution in [0.4, 0.5) is 4.39 Å². The highest BCUT2D eigenvalue weighted by Gasteiger charge is 2.33. The molecule has 4 nitrogen and oxygen atoms in total. The third-order valence-electron chi connectivity index (χ3n) is 5.25. The van der Waals surface area contributed by atoms with Gasteiger partial charge in [0.1, 0.15) is 11.4 Å². The molecule has 2 rings (SSSR count). The van der Waals surface area contributed by atoms with Crippen LogP contribution < -0.4 is 0 Å². The molecule has 0 heterocycles. The lowest BCUT2D eigenvalue weighted by Gasteiger charge is -2.32. The highest BCUT2D eigenvalue weighted by molar-refractivity contribution is 5.45. The Labute approximate surface area is 173 Å². The Morgan fingerprint density at radius 1 is 1.03 bits per heavy atom. The van der Waals surface area contributed by atoms with E-state index in [2.05, 4.69) is 11.0 Å². The summed E-state index contributed by atoms with van der Waals surface area (Å²) in [5.74, 6) is -0.339. The molecule has 0 amide bonds. The Morgan fingerprint density at radius 3 is 2.38 bits per heavy atom. The molecule has 0 bridgehead atoms. The highest BCUT2D eigenvalue weighted by Crippen LogP contribution is 2.37. The van der Waals surface area contributed by atoms with Gasteiger partial charge in [-0.3, -0.25) is 0 Å². The number of aryl methyl sites for hydroxylation is 1. The lowest BCUT2D eigenvalue weighted by Crippen LogP contribution is -2.30. The summed E-state index contributed by atoms with van der Waals surface area (Å²) in [6.07, 6.45) is 4.44. The van der Waals surface area contributed by atoms with Gasteiger partial charge in [-0.15, -0.1) is 0 Å². The van der Waals surface area contributed by atoms with Gasteiger partial charge in [0.25, 0.3) is 0 Å². The molecule has 5 heteroatoms. The summed E-state index contributed by atoms with van der Waals surface area (Å²) in [6.45, 7) is 0.987.